The molecule has 0 saturated carbocycles. The largest absolute Gasteiger partial charge is 0.358 e. The summed E-state index contributed by atoms with van der Waals surface area (Å²) < 4.78 is 0. The second-order valence-electron chi connectivity index (χ2n) is 8.02. The van der Waals surface area contributed by atoms with Crippen LogP contribution >= 0.6 is 0 Å². The molecule has 1 fully saturated rings. The van der Waals surface area contributed by atoms with Crippen molar-refractivity contribution in [2.24, 2.45) is 0 Å². The Balaban J connectivity index is 1.65. The smallest absolute Gasteiger partial charge is 0.317 e. The molecule has 0 radical (unpaired) electrons. The van der Waals surface area contributed by atoms with Crippen molar-refractivity contribution in [2.75, 3.05) is 26.2 Å². The van der Waals surface area contributed by atoms with E-state index in [1.165, 1.54) is 27.7 Å². The molecule has 2 N–H and O–H groups in total. The summed E-state index contributed by atoms with van der Waals surface area (Å²) in [5.74, 6) is 0.479. The number of hydrogen-bond donors (Lipinski definition) is 2. The second-order valence-corrected chi connectivity index (χ2v) is 8.02. The lowest BCUT2D eigenvalue weighted by molar-refractivity contribution is 0.103. The van der Waals surface area contributed by atoms with Gasteiger partial charge < -0.3 is 15.2 Å². The lowest BCUT2D eigenvalue weighted by atomic mass is 9.73. The molecule has 2 aromatic rings. The number of hydrogen-bond acceptors (Lipinski definition) is 2. The van der Waals surface area contributed by atoms with Crippen LogP contribution in [0, 0.1) is 6.92 Å². The van der Waals surface area contributed by atoms with E-state index < -0.39 is 0 Å². The van der Waals surface area contributed by atoms with E-state index in [1.54, 1.807) is 0 Å². The molecule has 1 aliphatic heterocycles. The highest BCUT2D eigenvalue weighted by atomic mass is 16.2. The molecular formula is C22H32N4O. The first-order valence-electron chi connectivity index (χ1n) is 10.5. The van der Waals surface area contributed by atoms with Gasteiger partial charge in [0, 0.05) is 54.2 Å². The van der Waals surface area contributed by atoms with Gasteiger partial charge in [0.1, 0.15) is 0 Å². The van der Waals surface area contributed by atoms with Gasteiger partial charge in [0.2, 0.25) is 0 Å². The van der Waals surface area contributed by atoms with Crippen LogP contribution < -0.4 is 5.32 Å². The van der Waals surface area contributed by atoms with Crippen LogP contribution in [0.4, 0.5) is 4.79 Å². The van der Waals surface area contributed by atoms with Gasteiger partial charge in [-0.2, -0.15) is 0 Å². The van der Waals surface area contributed by atoms with E-state index in [1.807, 2.05) is 18.7 Å². The van der Waals surface area contributed by atoms with Crippen molar-refractivity contribution in [2.45, 2.75) is 58.5 Å². The summed E-state index contributed by atoms with van der Waals surface area (Å²) in [7, 11) is 0. The summed E-state index contributed by atoms with van der Waals surface area (Å²) in [5, 5.41) is 4.75. The summed E-state index contributed by atoms with van der Waals surface area (Å²) in [6, 6.07) is 7.48. The SMILES string of the molecule is CCN(CC)C(=O)N[C@H]1CC2c3cccc4[nH]c(C)c(c34)C[C@H]2N(CC)C1. The maximum absolute atomic E-state index is 12.6. The third-order valence-electron chi connectivity index (χ3n) is 6.70. The number of fused-ring (bicyclic) bond motifs is 2. The number of urea groups is 1. The molecule has 1 aromatic heterocycles. The molecule has 5 heteroatoms. The van der Waals surface area contributed by atoms with E-state index in [-0.39, 0.29) is 12.1 Å². The van der Waals surface area contributed by atoms with Gasteiger partial charge in [0.05, 0.1) is 0 Å². The van der Waals surface area contributed by atoms with Crippen molar-refractivity contribution in [3.8, 4) is 0 Å². The molecule has 27 heavy (non-hydrogen) atoms. The number of amides is 2. The Morgan fingerprint density at radius 1 is 1.30 bits per heavy atom. The molecule has 2 aliphatic rings. The summed E-state index contributed by atoms with van der Waals surface area (Å²) >= 11 is 0. The fourth-order valence-electron chi connectivity index (χ4n) is 5.31. The van der Waals surface area contributed by atoms with E-state index in [2.05, 4.69) is 47.2 Å². The molecule has 5 nitrogen and oxygen atoms in total. The van der Waals surface area contributed by atoms with E-state index in [0.717, 1.165) is 39.0 Å². The summed E-state index contributed by atoms with van der Waals surface area (Å²) in [5.41, 5.74) is 5.52. The van der Waals surface area contributed by atoms with Gasteiger partial charge in [0.15, 0.2) is 0 Å². The second kappa shape index (κ2) is 7.19. The maximum atomic E-state index is 12.6. The molecule has 3 atom stereocenters. The minimum atomic E-state index is 0.0756. The fourth-order valence-corrected chi connectivity index (χ4v) is 5.31. The monoisotopic (exact) mass is 368 g/mol. The molecule has 4 rings (SSSR count). The summed E-state index contributed by atoms with van der Waals surface area (Å²) in [6.45, 7) is 12.0. The van der Waals surface area contributed by atoms with Crippen molar-refractivity contribution in [1.82, 2.24) is 20.1 Å². The Labute approximate surface area is 162 Å². The number of rotatable bonds is 4. The van der Waals surface area contributed by atoms with Crippen molar-refractivity contribution in [3.63, 3.8) is 0 Å². The molecule has 146 valence electrons. The fraction of sp³-hybridized carbons (Fsp3) is 0.591. The average molecular weight is 369 g/mol. The van der Waals surface area contributed by atoms with Crippen molar-refractivity contribution < 1.29 is 4.79 Å². The van der Waals surface area contributed by atoms with Crippen LogP contribution in [-0.4, -0.2) is 59.1 Å². The predicted molar refractivity (Wildman–Crippen MR) is 110 cm³/mol. The van der Waals surface area contributed by atoms with E-state index in [9.17, 15) is 4.79 Å². The molecule has 1 aromatic carbocycles. The number of nitrogens with zero attached hydrogens (tertiary/aromatic N) is 2. The highest BCUT2D eigenvalue weighted by molar-refractivity contribution is 5.89. The molecule has 1 saturated heterocycles. The number of carbonyl (C=O) groups excluding carboxylic acids is 1. The Hall–Kier alpha value is -2.01. The van der Waals surface area contributed by atoms with E-state index in [0.29, 0.717) is 12.0 Å². The number of H-pyrrole nitrogens is 1. The lowest BCUT2D eigenvalue weighted by Crippen LogP contribution is -2.57. The van der Waals surface area contributed by atoms with Crippen LogP contribution in [-0.2, 0) is 6.42 Å². The number of aromatic nitrogens is 1. The van der Waals surface area contributed by atoms with Crippen LogP contribution in [0.25, 0.3) is 10.9 Å². The van der Waals surface area contributed by atoms with Gasteiger partial charge in [-0.15, -0.1) is 0 Å². The zero-order valence-corrected chi connectivity index (χ0v) is 17.0. The third kappa shape index (κ3) is 3.02. The molecule has 2 heterocycles. The number of aromatic amines is 1. The zero-order valence-electron chi connectivity index (χ0n) is 17.0. The van der Waals surface area contributed by atoms with Gasteiger partial charge >= 0.3 is 6.03 Å². The Morgan fingerprint density at radius 3 is 2.78 bits per heavy atom. The molecule has 1 aliphatic carbocycles. The Morgan fingerprint density at radius 2 is 2.07 bits per heavy atom. The highest BCUT2D eigenvalue weighted by Crippen LogP contribution is 2.44. The number of nitrogens with one attached hydrogen (secondary N) is 2. The van der Waals surface area contributed by atoms with Gasteiger partial charge in [-0.3, -0.25) is 4.90 Å². The van der Waals surface area contributed by atoms with Crippen LogP contribution in [0.15, 0.2) is 18.2 Å². The quantitative estimate of drug-likeness (QED) is 0.866. The van der Waals surface area contributed by atoms with Crippen LogP contribution in [0.2, 0.25) is 0 Å². The van der Waals surface area contributed by atoms with Crippen molar-refractivity contribution in [1.29, 1.82) is 0 Å². The number of likely N-dealkylation sites (N-methyl/N-ethyl adjacent to an activating group) is 1. The van der Waals surface area contributed by atoms with Gasteiger partial charge in [0.25, 0.3) is 0 Å². The number of benzene rings is 1. The lowest BCUT2D eigenvalue weighted by Gasteiger charge is -2.47. The highest BCUT2D eigenvalue weighted by Gasteiger charge is 2.41. The first-order valence-corrected chi connectivity index (χ1v) is 10.5. The van der Waals surface area contributed by atoms with Crippen molar-refractivity contribution in [3.05, 3.63) is 35.0 Å². The first-order chi connectivity index (χ1) is 13.1. The molecule has 0 spiro atoms. The number of likely N-dealkylation sites (tertiary alicyclic amines) is 1. The molecule has 1 unspecified atom stereocenters. The predicted octanol–water partition coefficient (Wildman–Crippen LogP) is 3.63. The molecule has 0 bridgehead atoms. The van der Waals surface area contributed by atoms with Crippen LogP contribution in [0.3, 0.4) is 0 Å². The van der Waals surface area contributed by atoms with E-state index >= 15 is 0 Å². The normalized spacial score (nSPS) is 24.7. The standard InChI is InChI=1S/C22H32N4O/c1-5-25(6-2)22(27)24-15-11-18-16-9-8-10-19-21(16)17(14(4)23-19)12-20(18)26(7-3)13-15/h8-10,15,18,20,23H,5-7,11-13H2,1-4H3,(H,24,27)/t15-,18?,20+/m0/s1. The maximum Gasteiger partial charge on any atom is 0.317 e. The van der Waals surface area contributed by atoms with Gasteiger partial charge in [-0.25, -0.2) is 4.79 Å². The van der Waals surface area contributed by atoms with Gasteiger partial charge in [-0.05, 0) is 57.4 Å². The van der Waals surface area contributed by atoms with Crippen LogP contribution in [0.5, 0.6) is 0 Å². The third-order valence-corrected chi connectivity index (χ3v) is 6.70. The minimum absolute atomic E-state index is 0.0756. The molecular weight excluding hydrogens is 336 g/mol. The number of piperidine rings is 1. The topological polar surface area (TPSA) is 51.4 Å². The van der Waals surface area contributed by atoms with Crippen molar-refractivity contribution >= 4 is 16.9 Å². The number of carbonyl (C=O) groups is 1. The Bertz CT molecular complexity index is 838. The summed E-state index contributed by atoms with van der Waals surface area (Å²) in [6.07, 6.45) is 2.13. The van der Waals surface area contributed by atoms with Crippen LogP contribution in [0.1, 0.15) is 49.9 Å². The van der Waals surface area contributed by atoms with E-state index in [4.69, 9.17) is 0 Å². The molecule has 2 amide bonds. The zero-order chi connectivity index (χ0) is 19.1. The minimum Gasteiger partial charge on any atom is -0.358 e. The number of aryl methyl sites for hydroxylation is 1. The summed E-state index contributed by atoms with van der Waals surface area (Å²) in [4.78, 5) is 20.6. The Kier molecular flexibility index (Phi) is 4.89. The average Bonchev–Trinajstić information content (AvgIpc) is 2.99. The first kappa shape index (κ1) is 18.4. The van der Waals surface area contributed by atoms with Gasteiger partial charge in [-0.1, -0.05) is 19.1 Å².